The second-order valence-corrected chi connectivity index (χ2v) is 6.29. The monoisotopic (exact) mass is 294 g/mol. The Morgan fingerprint density at radius 3 is 2.79 bits per heavy atom. The van der Waals surface area contributed by atoms with Crippen LogP contribution < -0.4 is 0 Å². The van der Waals surface area contributed by atoms with Gasteiger partial charge in [-0.3, -0.25) is 0 Å². The quantitative estimate of drug-likeness (QED) is 0.804. The molecule has 19 heavy (non-hydrogen) atoms. The zero-order valence-corrected chi connectivity index (χ0v) is 12.2. The Balaban J connectivity index is 1.81. The van der Waals surface area contributed by atoms with Crippen molar-refractivity contribution in [3.05, 3.63) is 45.9 Å². The van der Waals surface area contributed by atoms with Crippen LogP contribution in [0.5, 0.6) is 0 Å². The molecular weight excluding hydrogens is 280 g/mol. The summed E-state index contributed by atoms with van der Waals surface area (Å²) in [5, 5.41) is 10.0. The van der Waals surface area contributed by atoms with Gasteiger partial charge in [-0.2, -0.15) is 0 Å². The summed E-state index contributed by atoms with van der Waals surface area (Å²) in [5.41, 5.74) is 1.05. The average Bonchev–Trinajstić information content (AvgIpc) is 3.07. The Hall–Kier alpha value is -0.970. The van der Waals surface area contributed by atoms with E-state index in [4.69, 9.17) is 16.3 Å². The molecule has 1 aromatic carbocycles. The van der Waals surface area contributed by atoms with Gasteiger partial charge < -0.3 is 4.74 Å². The van der Waals surface area contributed by atoms with Gasteiger partial charge in [0.15, 0.2) is 0 Å². The molecule has 1 aliphatic heterocycles. The molecular formula is C14H15ClN2OS. The van der Waals surface area contributed by atoms with Gasteiger partial charge in [0.05, 0.1) is 0 Å². The molecule has 1 fully saturated rings. The Kier molecular flexibility index (Phi) is 3.82. The SMILES string of the molecule is CC1CCOC1c1nnc(C(Cl)c2ccccc2)s1. The van der Waals surface area contributed by atoms with Gasteiger partial charge in [0.25, 0.3) is 0 Å². The molecule has 0 N–H and O–H groups in total. The fourth-order valence-electron chi connectivity index (χ4n) is 2.24. The van der Waals surface area contributed by atoms with Crippen LogP contribution in [0.3, 0.4) is 0 Å². The van der Waals surface area contributed by atoms with Crippen molar-refractivity contribution in [1.82, 2.24) is 10.2 Å². The maximum Gasteiger partial charge on any atom is 0.146 e. The van der Waals surface area contributed by atoms with E-state index in [0.717, 1.165) is 28.6 Å². The zero-order valence-electron chi connectivity index (χ0n) is 10.6. The molecule has 2 aromatic rings. The van der Waals surface area contributed by atoms with Crippen LogP contribution in [0.1, 0.15) is 40.4 Å². The van der Waals surface area contributed by atoms with Crippen molar-refractivity contribution in [3.63, 3.8) is 0 Å². The van der Waals surface area contributed by atoms with Gasteiger partial charge in [0, 0.05) is 6.61 Å². The molecule has 0 amide bonds. The van der Waals surface area contributed by atoms with E-state index in [9.17, 15) is 0 Å². The predicted octanol–water partition coefficient (Wildman–Crippen LogP) is 3.96. The molecule has 3 unspecified atom stereocenters. The van der Waals surface area contributed by atoms with Gasteiger partial charge in [-0.15, -0.1) is 21.8 Å². The van der Waals surface area contributed by atoms with E-state index in [1.165, 1.54) is 0 Å². The van der Waals surface area contributed by atoms with Gasteiger partial charge in [-0.25, -0.2) is 0 Å². The lowest BCUT2D eigenvalue weighted by atomic mass is 10.1. The molecule has 3 atom stereocenters. The number of benzene rings is 1. The fourth-order valence-corrected chi connectivity index (χ4v) is 3.60. The number of nitrogens with zero attached hydrogens (tertiary/aromatic N) is 2. The topological polar surface area (TPSA) is 35.0 Å². The van der Waals surface area contributed by atoms with Crippen LogP contribution in [0.25, 0.3) is 0 Å². The predicted molar refractivity (Wildman–Crippen MR) is 76.5 cm³/mol. The maximum absolute atomic E-state index is 6.46. The Labute approximate surface area is 121 Å². The molecule has 0 saturated carbocycles. The first kappa shape index (κ1) is 13.0. The first-order valence-corrected chi connectivity index (χ1v) is 7.65. The molecule has 5 heteroatoms. The second-order valence-electron chi connectivity index (χ2n) is 4.81. The molecule has 0 aliphatic carbocycles. The van der Waals surface area contributed by atoms with Crippen molar-refractivity contribution in [2.45, 2.75) is 24.8 Å². The summed E-state index contributed by atoms with van der Waals surface area (Å²) in [4.78, 5) is 0. The highest BCUT2D eigenvalue weighted by Crippen LogP contribution is 2.38. The Morgan fingerprint density at radius 1 is 1.32 bits per heavy atom. The summed E-state index contributed by atoms with van der Waals surface area (Å²) >= 11 is 8.01. The van der Waals surface area contributed by atoms with Crippen LogP contribution in [-0.2, 0) is 4.74 Å². The molecule has 2 heterocycles. The van der Waals surface area contributed by atoms with Crippen LogP contribution >= 0.6 is 22.9 Å². The number of halogens is 1. The van der Waals surface area contributed by atoms with E-state index in [-0.39, 0.29) is 11.5 Å². The highest BCUT2D eigenvalue weighted by molar-refractivity contribution is 7.11. The molecule has 0 radical (unpaired) electrons. The minimum absolute atomic E-state index is 0.0888. The summed E-state index contributed by atoms with van der Waals surface area (Å²) in [7, 11) is 0. The van der Waals surface area contributed by atoms with E-state index in [1.54, 1.807) is 11.3 Å². The van der Waals surface area contributed by atoms with Crippen LogP contribution in [0, 0.1) is 5.92 Å². The molecule has 1 aromatic heterocycles. The van der Waals surface area contributed by atoms with Crippen molar-refractivity contribution in [2.24, 2.45) is 5.92 Å². The number of hydrogen-bond acceptors (Lipinski definition) is 4. The zero-order chi connectivity index (χ0) is 13.2. The average molecular weight is 295 g/mol. The summed E-state index contributed by atoms with van der Waals surface area (Å²) < 4.78 is 5.71. The number of alkyl halides is 1. The molecule has 100 valence electrons. The van der Waals surface area contributed by atoms with Gasteiger partial charge in [-0.1, -0.05) is 48.6 Å². The van der Waals surface area contributed by atoms with Crippen molar-refractivity contribution in [1.29, 1.82) is 0 Å². The minimum atomic E-state index is -0.232. The third kappa shape index (κ3) is 2.66. The number of hydrogen-bond donors (Lipinski definition) is 0. The van der Waals surface area contributed by atoms with E-state index >= 15 is 0 Å². The molecule has 3 nitrogen and oxygen atoms in total. The summed E-state index contributed by atoms with van der Waals surface area (Å²) in [6, 6.07) is 9.96. The van der Waals surface area contributed by atoms with Crippen molar-refractivity contribution in [3.8, 4) is 0 Å². The lowest BCUT2D eigenvalue weighted by molar-refractivity contribution is 0.0937. The van der Waals surface area contributed by atoms with Crippen LogP contribution in [0.15, 0.2) is 30.3 Å². The lowest BCUT2D eigenvalue weighted by Gasteiger charge is -2.09. The highest BCUT2D eigenvalue weighted by atomic mass is 35.5. The fraction of sp³-hybridized carbons (Fsp3) is 0.429. The van der Waals surface area contributed by atoms with Gasteiger partial charge in [0.1, 0.15) is 21.5 Å². The summed E-state index contributed by atoms with van der Waals surface area (Å²) in [6.07, 6.45) is 1.17. The molecule has 0 spiro atoms. The molecule has 3 rings (SSSR count). The largest absolute Gasteiger partial charge is 0.371 e. The smallest absolute Gasteiger partial charge is 0.146 e. The lowest BCUT2D eigenvalue weighted by Crippen LogP contribution is -2.02. The van der Waals surface area contributed by atoms with E-state index < -0.39 is 0 Å². The maximum atomic E-state index is 6.46. The molecule has 1 aliphatic rings. The first-order chi connectivity index (χ1) is 9.25. The first-order valence-electron chi connectivity index (χ1n) is 6.39. The Morgan fingerprint density at radius 2 is 2.11 bits per heavy atom. The van der Waals surface area contributed by atoms with Crippen molar-refractivity contribution in [2.75, 3.05) is 6.61 Å². The Bertz CT molecular complexity index is 545. The minimum Gasteiger partial charge on any atom is -0.371 e. The number of rotatable bonds is 3. The van der Waals surface area contributed by atoms with E-state index in [2.05, 4.69) is 17.1 Å². The highest BCUT2D eigenvalue weighted by Gasteiger charge is 2.30. The van der Waals surface area contributed by atoms with Crippen molar-refractivity contribution >= 4 is 22.9 Å². The summed E-state index contributed by atoms with van der Waals surface area (Å²) in [5.74, 6) is 0.506. The van der Waals surface area contributed by atoms with Gasteiger partial charge in [-0.05, 0) is 17.9 Å². The third-order valence-electron chi connectivity index (χ3n) is 3.40. The van der Waals surface area contributed by atoms with Crippen LogP contribution in [-0.4, -0.2) is 16.8 Å². The second kappa shape index (κ2) is 5.57. The number of ether oxygens (including phenoxy) is 1. The number of aromatic nitrogens is 2. The van der Waals surface area contributed by atoms with E-state index in [1.807, 2.05) is 30.3 Å². The van der Waals surface area contributed by atoms with Crippen LogP contribution in [0.2, 0.25) is 0 Å². The van der Waals surface area contributed by atoms with Gasteiger partial charge >= 0.3 is 0 Å². The van der Waals surface area contributed by atoms with E-state index in [0.29, 0.717) is 5.92 Å². The van der Waals surface area contributed by atoms with Gasteiger partial charge in [0.2, 0.25) is 0 Å². The summed E-state index contributed by atoms with van der Waals surface area (Å²) in [6.45, 7) is 3.00. The molecule has 1 saturated heterocycles. The van der Waals surface area contributed by atoms with Crippen molar-refractivity contribution < 1.29 is 4.74 Å². The third-order valence-corrected chi connectivity index (χ3v) is 5.03. The standard InChI is InChI=1S/C14H15ClN2OS/c1-9-7-8-18-12(9)14-17-16-13(19-14)11(15)10-5-3-2-4-6-10/h2-6,9,11-12H,7-8H2,1H3. The van der Waals surface area contributed by atoms with Crippen LogP contribution in [0.4, 0.5) is 0 Å². The normalized spacial score (nSPS) is 24.5. The molecule has 0 bridgehead atoms.